The largest absolute Gasteiger partial charge is 0.342 e. The Morgan fingerprint density at radius 1 is 0.471 bits per heavy atom. The number of benzene rings is 2. The summed E-state index contributed by atoms with van der Waals surface area (Å²) in [6.07, 6.45) is 2.65. The minimum Gasteiger partial charge on any atom is -0.342 e. The summed E-state index contributed by atoms with van der Waals surface area (Å²) >= 11 is 0. The number of nitrogens with one attached hydrogen (secondary N) is 3. The van der Waals surface area contributed by atoms with E-state index in [1.165, 1.54) is 9.80 Å². The second kappa shape index (κ2) is 27.5. The van der Waals surface area contributed by atoms with Gasteiger partial charge in [0.25, 0.3) is 23.6 Å². The predicted molar refractivity (Wildman–Crippen MR) is 256 cm³/mol. The second-order valence-corrected chi connectivity index (χ2v) is 22.0. The van der Waals surface area contributed by atoms with Crippen molar-refractivity contribution in [2.75, 3.05) is 156 Å². The van der Waals surface area contributed by atoms with Gasteiger partial charge in [0.15, 0.2) is 0 Å². The smallest absolute Gasteiger partial charge is 0.261 e. The van der Waals surface area contributed by atoms with Crippen LogP contribution in [0.15, 0.2) is 48.5 Å². The summed E-state index contributed by atoms with van der Waals surface area (Å²) in [4.78, 5) is 96.1. The fourth-order valence-corrected chi connectivity index (χ4v) is 12.7. The van der Waals surface area contributed by atoms with Crippen molar-refractivity contribution in [2.45, 2.75) is 13.8 Å². The summed E-state index contributed by atoms with van der Waals surface area (Å²) in [5.74, 6) is -1.47. The summed E-state index contributed by atoms with van der Waals surface area (Å²) in [6, 6.07) is 13.4. The molecule has 0 aliphatic carbocycles. The monoisotopic (exact) mass is 986 g/mol. The lowest BCUT2D eigenvalue weighted by molar-refractivity contribution is -0.123. The number of fused-ring (bicyclic) bond motifs is 2. The van der Waals surface area contributed by atoms with Crippen molar-refractivity contribution >= 4 is 57.6 Å². The molecule has 2 atom stereocenters. The van der Waals surface area contributed by atoms with E-state index in [1.807, 2.05) is 11.8 Å². The van der Waals surface area contributed by atoms with Gasteiger partial charge in [0.1, 0.15) is 0 Å². The van der Waals surface area contributed by atoms with Crippen molar-refractivity contribution in [1.29, 1.82) is 0 Å². The zero-order valence-electron chi connectivity index (χ0n) is 39.3. The lowest BCUT2D eigenvalue weighted by Crippen LogP contribution is -2.45. The van der Waals surface area contributed by atoms with Gasteiger partial charge in [-0.25, -0.2) is 0 Å². The van der Waals surface area contributed by atoms with Crippen LogP contribution in [-0.2, 0) is 32.6 Å². The molecule has 2 saturated heterocycles. The Morgan fingerprint density at radius 2 is 0.765 bits per heavy atom. The number of hydrogen-bond donors (Lipinski definition) is 3. The third kappa shape index (κ3) is 15.7. The SMILES string of the molecule is CCOP(=O)(CCN1C(=O)c2ccccc2C1=O)CN1CCN(C=O)CCN(C=O)CCN(C=O)CC1.CCOP(=O)(CCN1C(=O)c2ccccc2C1=O)CN1CCNCCNCCNCC1. The molecule has 23 heteroatoms. The Balaban J connectivity index is 0.000000258. The fourth-order valence-electron chi connectivity index (χ4n) is 8.24. The van der Waals surface area contributed by atoms with Gasteiger partial charge in [0, 0.05) is 130 Å². The number of carbonyl (C=O) groups excluding carboxylic acids is 7. The standard InChI is InChI=1S/C24H34N5O7P.C21H34N5O4P/c1-2-36-37(35,16-15-29-23(33)21-5-3-4-6-22(21)24(29)34)20-28-13-11-26(18-31)9-7-25(17-30)8-10-27(19-32)12-14-28;1-2-30-31(29,17-25-13-11-23-9-7-22-8-10-24-12-14-25)16-15-26-20(27)18-5-3-4-6-19(18)21(26)28/h3-6,17-19H,2,7-16,20H2,1H3;3-6,22-24H,2,7-17H2,1H3. The molecular formula is C45H68N10O11P2. The normalized spacial score (nSPS) is 20.4. The van der Waals surface area contributed by atoms with Crippen LogP contribution in [0, 0.1) is 0 Å². The van der Waals surface area contributed by atoms with Crippen LogP contribution < -0.4 is 16.0 Å². The van der Waals surface area contributed by atoms with Gasteiger partial charge in [-0.15, -0.1) is 0 Å². The molecule has 4 aliphatic heterocycles. The van der Waals surface area contributed by atoms with Crippen molar-refractivity contribution in [3.05, 3.63) is 70.8 Å². The van der Waals surface area contributed by atoms with E-state index in [4.69, 9.17) is 9.05 Å². The molecule has 0 saturated carbocycles. The van der Waals surface area contributed by atoms with Crippen LogP contribution in [0.5, 0.6) is 0 Å². The maximum atomic E-state index is 13.9. The number of imide groups is 2. The van der Waals surface area contributed by atoms with Crippen molar-refractivity contribution in [3.8, 4) is 0 Å². The van der Waals surface area contributed by atoms with E-state index in [9.17, 15) is 42.7 Å². The Labute approximate surface area is 399 Å². The molecule has 0 spiro atoms. The first-order valence-corrected chi connectivity index (χ1v) is 27.4. The molecule has 7 amide bonds. The van der Waals surface area contributed by atoms with E-state index in [0.717, 1.165) is 70.1 Å². The van der Waals surface area contributed by atoms with E-state index in [-0.39, 0.29) is 50.1 Å². The lowest BCUT2D eigenvalue weighted by atomic mass is 10.1. The van der Waals surface area contributed by atoms with Crippen LogP contribution in [0.25, 0.3) is 0 Å². The van der Waals surface area contributed by atoms with Crippen molar-refractivity contribution in [2.24, 2.45) is 0 Å². The number of nitrogens with zero attached hydrogens (tertiary/aromatic N) is 7. The van der Waals surface area contributed by atoms with Crippen LogP contribution in [-0.4, -0.2) is 233 Å². The van der Waals surface area contributed by atoms with Crippen LogP contribution >= 0.6 is 14.7 Å². The Hall–Kier alpha value is -4.69. The van der Waals surface area contributed by atoms with Gasteiger partial charge >= 0.3 is 0 Å². The van der Waals surface area contributed by atoms with E-state index in [2.05, 4.69) is 20.9 Å². The third-order valence-corrected chi connectivity index (χ3v) is 16.9. The molecule has 0 aromatic heterocycles. The highest BCUT2D eigenvalue weighted by molar-refractivity contribution is 7.59. The maximum absolute atomic E-state index is 13.9. The minimum atomic E-state index is -3.33. The van der Waals surface area contributed by atoms with E-state index >= 15 is 0 Å². The highest BCUT2D eigenvalue weighted by atomic mass is 31.2. The first kappa shape index (κ1) is 54.3. The van der Waals surface area contributed by atoms with Gasteiger partial charge in [0.2, 0.25) is 34.0 Å². The van der Waals surface area contributed by atoms with Crippen LogP contribution in [0.2, 0.25) is 0 Å². The summed E-state index contributed by atoms with van der Waals surface area (Å²) in [7, 11) is -6.38. The number of rotatable bonds is 17. The van der Waals surface area contributed by atoms with Crippen molar-refractivity contribution in [1.82, 2.24) is 50.2 Å². The van der Waals surface area contributed by atoms with Crippen LogP contribution in [0.1, 0.15) is 55.3 Å². The minimum absolute atomic E-state index is 0.00804. The van der Waals surface area contributed by atoms with Gasteiger partial charge in [-0.3, -0.25) is 62.3 Å². The average molecular weight is 987 g/mol. The summed E-state index contributed by atoms with van der Waals surface area (Å²) in [5.41, 5.74) is 1.48. The third-order valence-electron chi connectivity index (χ3n) is 12.0. The van der Waals surface area contributed by atoms with E-state index in [0.29, 0.717) is 93.9 Å². The molecule has 6 rings (SSSR count). The molecule has 2 aromatic carbocycles. The highest BCUT2D eigenvalue weighted by Crippen LogP contribution is 2.48. The molecule has 4 aliphatic rings. The Bertz CT molecular complexity index is 2030. The number of carbonyl (C=O) groups is 7. The Morgan fingerprint density at radius 3 is 1.07 bits per heavy atom. The molecule has 21 nitrogen and oxygen atoms in total. The van der Waals surface area contributed by atoms with Gasteiger partial charge in [-0.1, -0.05) is 24.3 Å². The average Bonchev–Trinajstić information content (AvgIpc) is 3.72. The molecule has 2 fully saturated rings. The fraction of sp³-hybridized carbons (Fsp3) is 0.578. The number of hydrogen-bond acceptors (Lipinski definition) is 16. The zero-order valence-corrected chi connectivity index (χ0v) is 41.1. The molecule has 2 unspecified atom stereocenters. The van der Waals surface area contributed by atoms with Gasteiger partial charge < -0.3 is 39.7 Å². The molecule has 0 bridgehead atoms. The molecule has 3 N–H and O–H groups in total. The molecular weight excluding hydrogens is 919 g/mol. The molecule has 374 valence electrons. The predicted octanol–water partition coefficient (Wildman–Crippen LogP) is 0.885. The van der Waals surface area contributed by atoms with E-state index < -0.39 is 26.6 Å². The van der Waals surface area contributed by atoms with Gasteiger partial charge in [-0.2, -0.15) is 0 Å². The topological polar surface area (TPSA) is 231 Å². The summed E-state index contributed by atoms with van der Waals surface area (Å²) < 4.78 is 38.9. The zero-order chi connectivity index (χ0) is 48.9. The van der Waals surface area contributed by atoms with Crippen molar-refractivity contribution < 1.29 is 51.7 Å². The highest BCUT2D eigenvalue weighted by Gasteiger charge is 2.39. The molecule has 4 heterocycles. The van der Waals surface area contributed by atoms with Crippen LogP contribution in [0.3, 0.4) is 0 Å². The summed E-state index contributed by atoms with van der Waals surface area (Å²) in [5, 5.41) is 10.2. The molecule has 2 aromatic rings. The van der Waals surface area contributed by atoms with Gasteiger partial charge in [0.05, 0.1) is 48.0 Å². The second-order valence-electron chi connectivity index (χ2n) is 16.7. The quantitative estimate of drug-likeness (QED) is 0.114. The van der Waals surface area contributed by atoms with E-state index in [1.54, 1.807) is 65.3 Å². The first-order chi connectivity index (χ1) is 32.9. The Kier molecular flexibility index (Phi) is 21.9. The first-order valence-electron chi connectivity index (χ1n) is 23.4. The molecule has 0 radical (unpaired) electrons. The van der Waals surface area contributed by atoms with Crippen LogP contribution in [0.4, 0.5) is 0 Å². The van der Waals surface area contributed by atoms with Gasteiger partial charge in [-0.05, 0) is 38.1 Å². The number of amides is 7. The maximum Gasteiger partial charge on any atom is 0.261 e. The summed E-state index contributed by atoms with van der Waals surface area (Å²) in [6.45, 7) is 13.6. The lowest BCUT2D eigenvalue weighted by Gasteiger charge is -2.33. The molecule has 68 heavy (non-hydrogen) atoms. The van der Waals surface area contributed by atoms with Crippen molar-refractivity contribution in [3.63, 3.8) is 0 Å².